The van der Waals surface area contributed by atoms with Crippen molar-refractivity contribution in [2.24, 2.45) is 5.41 Å². The number of benzene rings is 1. The molecule has 2 amide bonds. The largest absolute Gasteiger partial charge is 0.341 e. The summed E-state index contributed by atoms with van der Waals surface area (Å²) in [5, 5.41) is 2.77. The maximum absolute atomic E-state index is 12.8. The molecule has 2 rings (SSSR count). The minimum absolute atomic E-state index is 0.0363. The zero-order valence-electron chi connectivity index (χ0n) is 15.2. The maximum atomic E-state index is 12.8. The monoisotopic (exact) mass is 366 g/mol. The summed E-state index contributed by atoms with van der Waals surface area (Å²) in [6.45, 7) is 5.17. The molecule has 6 nitrogen and oxygen atoms in total. The summed E-state index contributed by atoms with van der Waals surface area (Å²) < 4.78 is 23.3. The highest BCUT2D eigenvalue weighted by Crippen LogP contribution is 2.25. The van der Waals surface area contributed by atoms with Gasteiger partial charge in [-0.3, -0.25) is 9.59 Å². The predicted molar refractivity (Wildman–Crippen MR) is 98.1 cm³/mol. The van der Waals surface area contributed by atoms with Crippen molar-refractivity contribution in [2.75, 3.05) is 23.9 Å². The van der Waals surface area contributed by atoms with Crippen molar-refractivity contribution in [1.82, 2.24) is 4.90 Å². The summed E-state index contributed by atoms with van der Waals surface area (Å²) in [6, 6.07) is 7.11. The molecule has 1 atom stereocenters. The summed E-state index contributed by atoms with van der Waals surface area (Å²) >= 11 is 0. The molecule has 1 fully saturated rings. The third kappa shape index (κ3) is 4.39. The van der Waals surface area contributed by atoms with Gasteiger partial charge in [-0.2, -0.15) is 0 Å². The zero-order chi connectivity index (χ0) is 18.8. The van der Waals surface area contributed by atoms with Crippen molar-refractivity contribution in [3.63, 3.8) is 0 Å². The van der Waals surface area contributed by atoms with Crippen LogP contribution in [-0.2, 0) is 25.8 Å². The van der Waals surface area contributed by atoms with Crippen LogP contribution >= 0.6 is 0 Å². The van der Waals surface area contributed by atoms with Crippen molar-refractivity contribution >= 4 is 27.3 Å². The molecule has 1 N–H and O–H groups in total. The van der Waals surface area contributed by atoms with Gasteiger partial charge < -0.3 is 10.2 Å². The van der Waals surface area contributed by atoms with Crippen molar-refractivity contribution in [3.8, 4) is 0 Å². The van der Waals surface area contributed by atoms with E-state index in [9.17, 15) is 18.0 Å². The van der Waals surface area contributed by atoms with Gasteiger partial charge in [-0.05, 0) is 44.4 Å². The van der Waals surface area contributed by atoms with Crippen LogP contribution in [-0.4, -0.2) is 49.7 Å². The Bertz CT molecular complexity index is 754. The second-order valence-electron chi connectivity index (χ2n) is 7.10. The van der Waals surface area contributed by atoms with E-state index in [1.807, 2.05) is 24.3 Å². The Kier molecular flexibility index (Phi) is 5.56. The molecule has 1 unspecified atom stereocenters. The van der Waals surface area contributed by atoms with E-state index in [4.69, 9.17) is 0 Å². The topological polar surface area (TPSA) is 83.6 Å². The molecule has 7 heteroatoms. The lowest BCUT2D eigenvalue weighted by Crippen LogP contribution is -2.49. The highest BCUT2D eigenvalue weighted by molar-refractivity contribution is 7.91. The Hall–Kier alpha value is -1.89. The van der Waals surface area contributed by atoms with E-state index >= 15 is 0 Å². The second-order valence-corrected chi connectivity index (χ2v) is 9.33. The number of nitrogens with zero attached hydrogens (tertiary/aromatic N) is 1. The van der Waals surface area contributed by atoms with Gasteiger partial charge in [-0.15, -0.1) is 0 Å². The van der Waals surface area contributed by atoms with Crippen molar-refractivity contribution < 1.29 is 18.0 Å². The molecule has 0 aromatic heterocycles. The predicted octanol–water partition coefficient (Wildman–Crippen LogP) is 1.86. The Morgan fingerprint density at radius 3 is 2.32 bits per heavy atom. The molecule has 25 heavy (non-hydrogen) atoms. The van der Waals surface area contributed by atoms with Gasteiger partial charge in [0.05, 0.1) is 11.5 Å². The van der Waals surface area contributed by atoms with Crippen molar-refractivity contribution in [1.29, 1.82) is 0 Å². The quantitative estimate of drug-likeness (QED) is 0.806. The molecule has 0 spiro atoms. The first-order chi connectivity index (χ1) is 11.6. The highest BCUT2D eigenvalue weighted by Gasteiger charge is 2.42. The molecular weight excluding hydrogens is 340 g/mol. The number of amides is 2. The van der Waals surface area contributed by atoms with Gasteiger partial charge in [0.2, 0.25) is 11.8 Å². The van der Waals surface area contributed by atoms with E-state index in [-0.39, 0.29) is 23.5 Å². The molecule has 1 aromatic carbocycles. The van der Waals surface area contributed by atoms with Crippen LogP contribution in [0.1, 0.15) is 32.8 Å². The molecule has 0 saturated carbocycles. The van der Waals surface area contributed by atoms with Crippen LogP contribution in [0, 0.1) is 5.41 Å². The molecular formula is C18H26N2O4S. The molecule has 0 bridgehead atoms. The van der Waals surface area contributed by atoms with Gasteiger partial charge >= 0.3 is 0 Å². The van der Waals surface area contributed by atoms with Gasteiger partial charge in [-0.25, -0.2) is 8.42 Å². The highest BCUT2D eigenvalue weighted by atomic mass is 32.2. The lowest BCUT2D eigenvalue weighted by molar-refractivity contribution is -0.146. The third-order valence-corrected chi connectivity index (χ3v) is 6.55. The van der Waals surface area contributed by atoms with E-state index in [1.165, 1.54) is 4.90 Å². The second kappa shape index (κ2) is 7.15. The van der Waals surface area contributed by atoms with Crippen LogP contribution < -0.4 is 5.32 Å². The van der Waals surface area contributed by atoms with Crippen LogP contribution in [0.4, 0.5) is 5.69 Å². The first-order valence-electron chi connectivity index (χ1n) is 8.45. The average Bonchev–Trinajstić information content (AvgIpc) is 2.94. The van der Waals surface area contributed by atoms with Gasteiger partial charge in [0.1, 0.15) is 5.41 Å². The van der Waals surface area contributed by atoms with Gasteiger partial charge in [0.25, 0.3) is 0 Å². The van der Waals surface area contributed by atoms with Crippen LogP contribution in [0.15, 0.2) is 24.3 Å². The fourth-order valence-electron chi connectivity index (χ4n) is 2.90. The lowest BCUT2D eigenvalue weighted by Gasteiger charge is -2.31. The normalized spacial score (nSPS) is 19.4. The van der Waals surface area contributed by atoms with Crippen LogP contribution in [0.3, 0.4) is 0 Å². The number of carbonyl (C=O) groups is 2. The fourth-order valence-corrected chi connectivity index (χ4v) is 4.67. The first-order valence-corrected chi connectivity index (χ1v) is 10.3. The SMILES string of the molecule is CCc1ccc(NC(=O)C(C)(C)C(=O)N(C)C2CCS(=O)(=O)C2)cc1. The molecule has 1 saturated heterocycles. The molecule has 1 heterocycles. The molecule has 1 aliphatic heterocycles. The van der Waals surface area contributed by atoms with Crippen LogP contribution in [0.5, 0.6) is 0 Å². The summed E-state index contributed by atoms with van der Waals surface area (Å²) in [5.41, 5.74) is 0.509. The minimum Gasteiger partial charge on any atom is -0.341 e. The summed E-state index contributed by atoms with van der Waals surface area (Å²) in [5.74, 6) is -0.733. The summed E-state index contributed by atoms with van der Waals surface area (Å²) in [6.07, 6.45) is 1.33. The third-order valence-electron chi connectivity index (χ3n) is 4.80. The summed E-state index contributed by atoms with van der Waals surface area (Å²) in [4.78, 5) is 26.8. The van der Waals surface area contributed by atoms with Gasteiger partial charge in [-0.1, -0.05) is 19.1 Å². The first kappa shape index (κ1) is 19.4. The number of hydrogen-bond acceptors (Lipinski definition) is 4. The maximum Gasteiger partial charge on any atom is 0.239 e. The number of anilines is 1. The number of carbonyl (C=O) groups excluding carboxylic acids is 2. The molecule has 0 radical (unpaired) electrons. The summed E-state index contributed by atoms with van der Waals surface area (Å²) in [7, 11) is -1.52. The van der Waals surface area contributed by atoms with E-state index < -0.39 is 21.2 Å². The molecule has 138 valence electrons. The van der Waals surface area contributed by atoms with E-state index in [2.05, 4.69) is 12.2 Å². The zero-order valence-corrected chi connectivity index (χ0v) is 16.0. The number of hydrogen-bond donors (Lipinski definition) is 1. The lowest BCUT2D eigenvalue weighted by atomic mass is 9.89. The van der Waals surface area contributed by atoms with Crippen LogP contribution in [0.2, 0.25) is 0 Å². The van der Waals surface area contributed by atoms with E-state index in [0.29, 0.717) is 12.1 Å². The van der Waals surface area contributed by atoms with E-state index in [0.717, 1.165) is 12.0 Å². The van der Waals surface area contributed by atoms with E-state index in [1.54, 1.807) is 20.9 Å². The molecule has 0 aliphatic carbocycles. The minimum atomic E-state index is -3.09. The van der Waals surface area contributed by atoms with Crippen molar-refractivity contribution in [2.45, 2.75) is 39.7 Å². The van der Waals surface area contributed by atoms with Crippen molar-refractivity contribution in [3.05, 3.63) is 29.8 Å². The smallest absolute Gasteiger partial charge is 0.239 e. The number of aryl methyl sites for hydroxylation is 1. The average molecular weight is 366 g/mol. The standard InChI is InChI=1S/C18H26N2O4S/c1-5-13-6-8-14(9-7-13)19-16(21)18(2,3)17(22)20(4)15-10-11-25(23,24)12-15/h6-9,15H,5,10-12H2,1-4H3,(H,19,21). The number of nitrogens with one attached hydrogen (secondary N) is 1. The van der Waals surface area contributed by atoms with Gasteiger partial charge in [0.15, 0.2) is 9.84 Å². The molecule has 1 aliphatic rings. The fraction of sp³-hybridized carbons (Fsp3) is 0.556. The molecule has 1 aromatic rings. The number of rotatable bonds is 5. The Morgan fingerprint density at radius 1 is 1.24 bits per heavy atom. The Labute approximate surface area is 149 Å². The number of sulfone groups is 1. The Morgan fingerprint density at radius 2 is 1.84 bits per heavy atom. The Balaban J connectivity index is 2.07. The van der Waals surface area contributed by atoms with Crippen LogP contribution in [0.25, 0.3) is 0 Å². The van der Waals surface area contributed by atoms with Gasteiger partial charge in [0, 0.05) is 18.8 Å².